The molecule has 100 valence electrons. The molecule has 0 spiro atoms. The Hall–Kier alpha value is -1.18. The molecule has 1 rings (SSSR count). The van der Waals surface area contributed by atoms with E-state index in [2.05, 4.69) is 31.7 Å². The third-order valence-electron chi connectivity index (χ3n) is 2.07. The molecule has 0 radical (unpaired) electrons. The summed E-state index contributed by atoms with van der Waals surface area (Å²) in [6.45, 7) is 4.79. The van der Waals surface area contributed by atoms with Gasteiger partial charge in [-0.1, -0.05) is 0 Å². The first kappa shape index (κ1) is 14.9. The summed E-state index contributed by atoms with van der Waals surface area (Å²) >= 11 is 3.26. The van der Waals surface area contributed by atoms with Gasteiger partial charge < -0.3 is 15.5 Å². The highest BCUT2D eigenvalue weighted by Gasteiger charge is 2.12. The lowest BCUT2D eigenvalue weighted by Gasteiger charge is -2.10. The molecule has 0 aliphatic heterocycles. The van der Waals surface area contributed by atoms with E-state index in [-0.39, 0.29) is 12.0 Å². The van der Waals surface area contributed by atoms with Crippen molar-refractivity contribution >= 4 is 27.7 Å². The summed E-state index contributed by atoms with van der Waals surface area (Å²) < 4.78 is 6.04. The summed E-state index contributed by atoms with van der Waals surface area (Å²) in [4.78, 5) is 15.9. The maximum absolute atomic E-state index is 11.9. The Morgan fingerprint density at radius 2 is 2.33 bits per heavy atom. The predicted molar refractivity (Wildman–Crippen MR) is 73.2 cm³/mol. The van der Waals surface area contributed by atoms with E-state index in [4.69, 9.17) is 10.6 Å². The van der Waals surface area contributed by atoms with Gasteiger partial charge in [-0.15, -0.1) is 0 Å². The van der Waals surface area contributed by atoms with E-state index in [0.29, 0.717) is 29.0 Å². The molecule has 0 aliphatic rings. The Balaban J connectivity index is 2.58. The fourth-order valence-electron chi connectivity index (χ4n) is 1.28. The normalized spacial score (nSPS) is 10.5. The highest BCUT2D eigenvalue weighted by molar-refractivity contribution is 9.10. The number of aromatic nitrogens is 1. The molecular formula is C11H17BrN4O2. The van der Waals surface area contributed by atoms with Crippen LogP contribution in [0.4, 0.5) is 5.82 Å². The van der Waals surface area contributed by atoms with Crippen LogP contribution in [0.2, 0.25) is 0 Å². The fourth-order valence-corrected chi connectivity index (χ4v) is 1.61. The standard InChI is InChI=1S/C11H17BrN4O2/c1-7(2)18-4-3-14-11(17)9-5-8(12)6-15-10(9)16-13/h5-7H,3-4,13H2,1-2H3,(H,14,17)(H,15,16). The van der Waals surface area contributed by atoms with Crippen molar-refractivity contribution in [2.24, 2.45) is 5.84 Å². The molecule has 1 amide bonds. The zero-order valence-electron chi connectivity index (χ0n) is 10.4. The van der Waals surface area contributed by atoms with Gasteiger partial charge in [0.1, 0.15) is 0 Å². The number of nitrogens with two attached hydrogens (primary N) is 1. The van der Waals surface area contributed by atoms with E-state index in [1.165, 1.54) is 0 Å². The van der Waals surface area contributed by atoms with Gasteiger partial charge in [-0.25, -0.2) is 10.8 Å². The van der Waals surface area contributed by atoms with Crippen LogP contribution in [-0.2, 0) is 4.74 Å². The lowest BCUT2D eigenvalue weighted by Crippen LogP contribution is -2.29. The number of pyridine rings is 1. The number of carbonyl (C=O) groups is 1. The Bertz CT molecular complexity index is 412. The molecule has 0 aliphatic carbocycles. The zero-order chi connectivity index (χ0) is 13.5. The van der Waals surface area contributed by atoms with Gasteiger partial charge >= 0.3 is 0 Å². The third kappa shape index (κ3) is 4.59. The van der Waals surface area contributed by atoms with Crippen LogP contribution in [-0.4, -0.2) is 30.1 Å². The Labute approximate surface area is 114 Å². The first-order valence-corrected chi connectivity index (χ1v) is 6.36. The van der Waals surface area contributed by atoms with Crippen molar-refractivity contribution in [3.63, 3.8) is 0 Å². The number of nitrogens with one attached hydrogen (secondary N) is 2. The summed E-state index contributed by atoms with van der Waals surface area (Å²) in [7, 11) is 0. The van der Waals surface area contributed by atoms with Crippen LogP contribution >= 0.6 is 15.9 Å². The Morgan fingerprint density at radius 3 is 2.94 bits per heavy atom. The molecule has 6 nitrogen and oxygen atoms in total. The lowest BCUT2D eigenvalue weighted by molar-refractivity contribution is 0.0747. The largest absolute Gasteiger partial charge is 0.377 e. The lowest BCUT2D eigenvalue weighted by atomic mass is 10.2. The molecule has 0 unspecified atom stereocenters. The molecule has 0 bridgehead atoms. The number of carbonyl (C=O) groups excluding carboxylic acids is 1. The van der Waals surface area contributed by atoms with Crippen molar-refractivity contribution in [3.05, 3.63) is 22.3 Å². The maximum Gasteiger partial charge on any atom is 0.255 e. The summed E-state index contributed by atoms with van der Waals surface area (Å²) in [5, 5.41) is 2.74. The summed E-state index contributed by atoms with van der Waals surface area (Å²) in [6.07, 6.45) is 1.71. The molecule has 1 aromatic heterocycles. The quantitative estimate of drug-likeness (QED) is 0.418. The third-order valence-corrected chi connectivity index (χ3v) is 2.51. The summed E-state index contributed by atoms with van der Waals surface area (Å²) in [5.41, 5.74) is 2.77. The number of rotatable bonds is 6. The van der Waals surface area contributed by atoms with Gasteiger partial charge in [0.2, 0.25) is 0 Å². The van der Waals surface area contributed by atoms with Crippen LogP contribution in [0.15, 0.2) is 16.7 Å². The van der Waals surface area contributed by atoms with E-state index in [1.54, 1.807) is 12.3 Å². The van der Waals surface area contributed by atoms with E-state index in [1.807, 2.05) is 13.8 Å². The fraction of sp³-hybridized carbons (Fsp3) is 0.455. The van der Waals surface area contributed by atoms with Crippen LogP contribution < -0.4 is 16.6 Å². The van der Waals surface area contributed by atoms with Crippen molar-refractivity contribution in [2.75, 3.05) is 18.6 Å². The van der Waals surface area contributed by atoms with E-state index < -0.39 is 0 Å². The summed E-state index contributed by atoms with van der Waals surface area (Å²) in [6, 6.07) is 1.65. The minimum Gasteiger partial charge on any atom is -0.377 e. The number of halogens is 1. The summed E-state index contributed by atoms with van der Waals surface area (Å²) in [5.74, 6) is 5.39. The van der Waals surface area contributed by atoms with Crippen molar-refractivity contribution in [2.45, 2.75) is 20.0 Å². The van der Waals surface area contributed by atoms with Crippen molar-refractivity contribution in [1.82, 2.24) is 10.3 Å². The van der Waals surface area contributed by atoms with Crippen LogP contribution in [0.3, 0.4) is 0 Å². The molecule has 0 atom stereocenters. The predicted octanol–water partition coefficient (Wildman–Crippen LogP) is 1.28. The minimum absolute atomic E-state index is 0.149. The highest BCUT2D eigenvalue weighted by Crippen LogP contribution is 2.16. The molecule has 18 heavy (non-hydrogen) atoms. The van der Waals surface area contributed by atoms with Gasteiger partial charge in [0, 0.05) is 17.2 Å². The van der Waals surface area contributed by atoms with Gasteiger partial charge in [0.05, 0.1) is 18.3 Å². The van der Waals surface area contributed by atoms with Gasteiger partial charge in [0.25, 0.3) is 5.91 Å². The van der Waals surface area contributed by atoms with Crippen LogP contribution in [0.25, 0.3) is 0 Å². The molecule has 0 aromatic carbocycles. The van der Waals surface area contributed by atoms with Crippen LogP contribution in [0.5, 0.6) is 0 Å². The molecule has 1 aromatic rings. The second kappa shape index (κ2) is 7.30. The van der Waals surface area contributed by atoms with Crippen molar-refractivity contribution in [1.29, 1.82) is 0 Å². The average molecular weight is 317 g/mol. The number of hydrogen-bond donors (Lipinski definition) is 3. The van der Waals surface area contributed by atoms with E-state index in [9.17, 15) is 4.79 Å². The van der Waals surface area contributed by atoms with Gasteiger partial charge in [-0.3, -0.25) is 4.79 Å². The second-order valence-corrected chi connectivity index (χ2v) is 4.79. The highest BCUT2D eigenvalue weighted by atomic mass is 79.9. The SMILES string of the molecule is CC(C)OCCNC(=O)c1cc(Br)cnc1NN. The molecule has 7 heteroatoms. The number of amides is 1. The average Bonchev–Trinajstić information content (AvgIpc) is 2.34. The second-order valence-electron chi connectivity index (χ2n) is 3.87. The van der Waals surface area contributed by atoms with Gasteiger partial charge in [0.15, 0.2) is 5.82 Å². The number of ether oxygens (including phenoxy) is 1. The minimum atomic E-state index is -0.246. The van der Waals surface area contributed by atoms with Gasteiger partial charge in [-0.05, 0) is 35.8 Å². The van der Waals surface area contributed by atoms with E-state index in [0.717, 1.165) is 0 Å². The van der Waals surface area contributed by atoms with Crippen LogP contribution in [0, 0.1) is 0 Å². The van der Waals surface area contributed by atoms with Crippen molar-refractivity contribution in [3.8, 4) is 0 Å². The first-order valence-electron chi connectivity index (χ1n) is 5.56. The number of hydrazine groups is 1. The molecule has 4 N–H and O–H groups in total. The Morgan fingerprint density at radius 1 is 1.61 bits per heavy atom. The molecule has 0 saturated heterocycles. The smallest absolute Gasteiger partial charge is 0.255 e. The number of nitrogens with zero attached hydrogens (tertiary/aromatic N) is 1. The molecular weight excluding hydrogens is 300 g/mol. The van der Waals surface area contributed by atoms with Crippen molar-refractivity contribution < 1.29 is 9.53 Å². The number of anilines is 1. The number of hydrogen-bond acceptors (Lipinski definition) is 5. The first-order chi connectivity index (χ1) is 8.54. The molecule has 0 saturated carbocycles. The molecule has 0 fully saturated rings. The molecule has 1 heterocycles. The van der Waals surface area contributed by atoms with Gasteiger partial charge in [-0.2, -0.15) is 0 Å². The topological polar surface area (TPSA) is 89.3 Å². The Kier molecular flexibility index (Phi) is 6.03. The monoisotopic (exact) mass is 316 g/mol. The zero-order valence-corrected chi connectivity index (χ0v) is 12.0. The van der Waals surface area contributed by atoms with Crippen LogP contribution in [0.1, 0.15) is 24.2 Å². The van der Waals surface area contributed by atoms with E-state index >= 15 is 0 Å². The maximum atomic E-state index is 11.9. The number of nitrogen functional groups attached to an aromatic ring is 1.